The quantitative estimate of drug-likeness (QED) is 0.372. The lowest BCUT2D eigenvalue weighted by molar-refractivity contribution is 0.473. The number of hydrogen-bond acceptors (Lipinski definition) is 4. The van der Waals surface area contributed by atoms with Gasteiger partial charge in [-0.05, 0) is 78.8 Å². The van der Waals surface area contributed by atoms with Gasteiger partial charge < -0.3 is 0 Å². The number of sulfone groups is 1. The second-order valence-corrected chi connectivity index (χ2v) is 18.2. The van der Waals surface area contributed by atoms with Crippen LogP contribution in [0.2, 0.25) is 0 Å². The minimum absolute atomic E-state index is 0.0617. The van der Waals surface area contributed by atoms with E-state index in [-0.39, 0.29) is 15.8 Å². The third kappa shape index (κ3) is 6.84. The molecule has 1 aromatic carbocycles. The average molecular weight is 598 g/mol. The fourth-order valence-electron chi connectivity index (χ4n) is 2.39. The van der Waals surface area contributed by atoms with Crippen LogP contribution in [-0.2, 0) is 19.9 Å². The van der Waals surface area contributed by atoms with Crippen LogP contribution < -0.4 is 4.72 Å². The van der Waals surface area contributed by atoms with Crippen molar-refractivity contribution in [1.82, 2.24) is 4.72 Å². The summed E-state index contributed by atoms with van der Waals surface area (Å²) in [7, 11) is -7.67. The average Bonchev–Trinajstić information content (AvgIpc) is 2.56. The predicted molar refractivity (Wildman–Crippen MR) is 116 cm³/mol. The van der Waals surface area contributed by atoms with E-state index in [1.807, 2.05) is 0 Å². The summed E-state index contributed by atoms with van der Waals surface area (Å²) in [5, 5.41) is 0. The van der Waals surface area contributed by atoms with E-state index in [1.54, 1.807) is 0 Å². The number of alkyl halides is 3. The van der Waals surface area contributed by atoms with Gasteiger partial charge in [-0.3, -0.25) is 0 Å². The Labute approximate surface area is 182 Å². The van der Waals surface area contributed by atoms with Crippen LogP contribution in [-0.4, -0.2) is 24.4 Å². The zero-order chi connectivity index (χ0) is 20.0. The molecule has 26 heavy (non-hydrogen) atoms. The van der Waals surface area contributed by atoms with Gasteiger partial charge in [0.1, 0.15) is 0 Å². The Hall–Kier alpha value is 0.520. The lowest BCUT2D eigenvalue weighted by atomic mass is 10.1. The molecule has 1 N–H and O–H groups in total. The molecule has 0 aliphatic rings. The van der Waals surface area contributed by atoms with Gasteiger partial charge in [0.05, 0.1) is 9.79 Å². The second-order valence-electron chi connectivity index (χ2n) is 6.03. The fraction of sp³-hybridized carbons (Fsp3) is 0.625. The molecule has 0 bridgehead atoms. The first kappa shape index (κ1) is 24.6. The molecule has 150 valence electrons. The minimum Gasteiger partial charge on any atom is -0.220 e. The maximum atomic E-state index is 12.8. The molecule has 10 heteroatoms. The van der Waals surface area contributed by atoms with Crippen LogP contribution in [0.5, 0.6) is 0 Å². The van der Waals surface area contributed by atoms with Crippen molar-refractivity contribution in [3.05, 3.63) is 24.3 Å². The van der Waals surface area contributed by atoms with E-state index in [1.165, 1.54) is 24.3 Å². The van der Waals surface area contributed by atoms with Gasteiger partial charge in [-0.1, -0.05) is 45.6 Å². The minimum atomic E-state index is -3.86. The van der Waals surface area contributed by atoms with Crippen molar-refractivity contribution in [1.29, 1.82) is 0 Å². The molecular formula is C16H24Br3NO4S2. The molecule has 0 radical (unpaired) electrons. The summed E-state index contributed by atoms with van der Waals surface area (Å²) < 4.78 is 51.7. The Morgan fingerprint density at radius 3 is 1.92 bits per heavy atom. The first-order chi connectivity index (χ1) is 12.0. The van der Waals surface area contributed by atoms with Crippen molar-refractivity contribution in [2.45, 2.75) is 69.7 Å². The first-order valence-corrected chi connectivity index (χ1v) is 13.7. The molecule has 0 spiro atoms. The van der Waals surface area contributed by atoms with E-state index >= 15 is 0 Å². The summed E-state index contributed by atoms with van der Waals surface area (Å²) in [6, 6.07) is 5.21. The third-order valence-electron chi connectivity index (χ3n) is 3.86. The molecule has 0 aromatic heterocycles. The van der Waals surface area contributed by atoms with E-state index in [4.69, 9.17) is 0 Å². The third-order valence-corrected chi connectivity index (χ3v) is 10.7. The van der Waals surface area contributed by atoms with E-state index in [0.29, 0.717) is 0 Å². The van der Waals surface area contributed by atoms with Crippen LogP contribution in [0, 0.1) is 0 Å². The highest BCUT2D eigenvalue weighted by Crippen LogP contribution is 2.43. The number of hydrogen-bond donors (Lipinski definition) is 1. The molecule has 1 rings (SSSR count). The number of sulfonamides is 1. The highest BCUT2D eigenvalue weighted by atomic mass is 80.0. The summed E-state index contributed by atoms with van der Waals surface area (Å²) >= 11 is 8.97. The predicted octanol–water partition coefficient (Wildman–Crippen LogP) is 5.28. The van der Waals surface area contributed by atoms with Gasteiger partial charge in [0, 0.05) is 6.04 Å². The summed E-state index contributed by atoms with van der Waals surface area (Å²) in [4.78, 5) is -0.169. The van der Waals surface area contributed by atoms with Crippen molar-refractivity contribution < 1.29 is 16.8 Å². The number of halogens is 3. The number of unbranched alkanes of at least 4 members (excludes halogenated alkanes) is 2. The largest absolute Gasteiger partial charge is 0.240 e. The monoisotopic (exact) mass is 595 g/mol. The van der Waals surface area contributed by atoms with Crippen LogP contribution in [0.15, 0.2) is 34.1 Å². The standard InChI is InChI=1S/C16H24Br3NO4S2/c1-3-5-8-13(9-6-4-2)20-26(23,24)15-11-7-10-14(12-15)25(21,22)16(17,18)19/h7,10-13,20H,3-6,8-9H2,1-2H3. The molecule has 0 aliphatic heterocycles. The molecule has 0 heterocycles. The maximum absolute atomic E-state index is 12.8. The Balaban J connectivity index is 3.14. The molecule has 0 unspecified atom stereocenters. The molecule has 0 amide bonds. The van der Waals surface area contributed by atoms with Crippen molar-refractivity contribution >= 4 is 67.7 Å². The van der Waals surface area contributed by atoms with Gasteiger partial charge >= 0.3 is 0 Å². The highest BCUT2D eigenvalue weighted by molar-refractivity contribution is 9.42. The lowest BCUT2D eigenvalue weighted by Gasteiger charge is -2.19. The van der Waals surface area contributed by atoms with E-state index in [0.717, 1.165) is 38.5 Å². The lowest BCUT2D eigenvalue weighted by Crippen LogP contribution is -2.35. The normalized spacial score (nSPS) is 13.3. The van der Waals surface area contributed by atoms with E-state index in [9.17, 15) is 16.8 Å². The van der Waals surface area contributed by atoms with Crippen molar-refractivity contribution in [2.24, 2.45) is 0 Å². The number of benzene rings is 1. The first-order valence-electron chi connectivity index (χ1n) is 8.39. The van der Waals surface area contributed by atoms with Gasteiger partial charge in [-0.15, -0.1) is 0 Å². The van der Waals surface area contributed by atoms with E-state index < -0.39 is 21.3 Å². The smallest absolute Gasteiger partial charge is 0.220 e. The number of nitrogens with one attached hydrogen (secondary N) is 1. The number of rotatable bonds is 10. The Bertz CT molecular complexity index is 782. The maximum Gasteiger partial charge on any atom is 0.240 e. The Morgan fingerprint density at radius 2 is 1.46 bits per heavy atom. The van der Waals surface area contributed by atoms with Crippen molar-refractivity contribution in [3.8, 4) is 0 Å². The van der Waals surface area contributed by atoms with Gasteiger partial charge in [0.25, 0.3) is 0 Å². The van der Waals surface area contributed by atoms with Crippen molar-refractivity contribution in [3.63, 3.8) is 0 Å². The molecule has 0 aliphatic carbocycles. The molecule has 0 saturated heterocycles. The molecule has 1 aromatic rings. The van der Waals surface area contributed by atoms with Crippen LogP contribution in [0.3, 0.4) is 0 Å². The Kier molecular flexibility index (Phi) is 9.77. The second kappa shape index (κ2) is 10.3. The molecule has 5 nitrogen and oxygen atoms in total. The van der Waals surface area contributed by atoms with Gasteiger partial charge in [0.2, 0.25) is 21.3 Å². The highest BCUT2D eigenvalue weighted by Gasteiger charge is 2.38. The molecular weight excluding hydrogens is 574 g/mol. The molecule has 0 atom stereocenters. The van der Waals surface area contributed by atoms with Gasteiger partial charge in [-0.2, -0.15) is 0 Å². The van der Waals surface area contributed by atoms with Crippen LogP contribution in [0.1, 0.15) is 52.4 Å². The fourth-order valence-corrected chi connectivity index (χ4v) is 6.31. The summed E-state index contributed by atoms with van der Waals surface area (Å²) in [5.74, 6) is 0. The van der Waals surface area contributed by atoms with Gasteiger partial charge in [-0.25, -0.2) is 21.6 Å². The van der Waals surface area contributed by atoms with Crippen LogP contribution >= 0.6 is 47.8 Å². The molecule has 0 fully saturated rings. The van der Waals surface area contributed by atoms with Crippen LogP contribution in [0.4, 0.5) is 0 Å². The summed E-state index contributed by atoms with van der Waals surface area (Å²) in [6.07, 6.45) is 5.38. The topological polar surface area (TPSA) is 80.3 Å². The van der Waals surface area contributed by atoms with Gasteiger partial charge in [0.15, 0.2) is 0 Å². The zero-order valence-electron chi connectivity index (χ0n) is 14.7. The summed E-state index contributed by atoms with van der Waals surface area (Å²) in [5.41, 5.74) is 0. The van der Waals surface area contributed by atoms with Crippen LogP contribution in [0.25, 0.3) is 0 Å². The van der Waals surface area contributed by atoms with Crippen molar-refractivity contribution in [2.75, 3.05) is 0 Å². The molecule has 0 saturated carbocycles. The zero-order valence-corrected chi connectivity index (χ0v) is 21.1. The SMILES string of the molecule is CCCCC(CCCC)NS(=O)(=O)c1cccc(S(=O)(=O)C(Br)(Br)Br)c1. The summed E-state index contributed by atoms with van der Waals surface area (Å²) in [6.45, 7) is 4.12. The van der Waals surface area contributed by atoms with E-state index in [2.05, 4.69) is 66.4 Å². The Morgan fingerprint density at radius 1 is 0.962 bits per heavy atom.